The van der Waals surface area contributed by atoms with E-state index in [9.17, 15) is 9.59 Å². The van der Waals surface area contributed by atoms with Crippen molar-refractivity contribution in [1.82, 2.24) is 9.13 Å². The molecule has 2 aromatic rings. The fourth-order valence-corrected chi connectivity index (χ4v) is 2.02. The van der Waals surface area contributed by atoms with Crippen LogP contribution in [0.5, 0.6) is 0 Å². The van der Waals surface area contributed by atoms with Gasteiger partial charge in [0.15, 0.2) is 0 Å². The highest BCUT2D eigenvalue weighted by Crippen LogP contribution is 2.18. The average Bonchev–Trinajstić information content (AvgIpc) is 2.47. The van der Waals surface area contributed by atoms with Crippen LogP contribution in [-0.2, 0) is 13.6 Å². The second kappa shape index (κ2) is 5.64. The van der Waals surface area contributed by atoms with Gasteiger partial charge in [-0.25, -0.2) is 4.79 Å². The number of anilines is 3. The molecule has 0 aliphatic carbocycles. The summed E-state index contributed by atoms with van der Waals surface area (Å²) in [5.41, 5.74) is 5.84. The summed E-state index contributed by atoms with van der Waals surface area (Å²) in [6.45, 7) is 2.45. The van der Waals surface area contributed by atoms with E-state index in [0.717, 1.165) is 16.7 Å². The lowest BCUT2D eigenvalue weighted by molar-refractivity contribution is 0.600. The SMILES string of the molecule is CCCn1c(Nc2ccccc2)c(N)c(=O)n(C)c1=O. The number of nitrogen functional groups attached to an aromatic ring is 1. The van der Waals surface area contributed by atoms with Crippen molar-refractivity contribution in [2.75, 3.05) is 11.1 Å². The Hall–Kier alpha value is -2.50. The second-order valence-corrected chi connectivity index (χ2v) is 4.55. The van der Waals surface area contributed by atoms with Gasteiger partial charge in [0.05, 0.1) is 0 Å². The predicted octanol–water partition coefficient (Wildman–Crippen LogP) is 1.28. The Labute approximate surface area is 116 Å². The first kappa shape index (κ1) is 13.9. The number of rotatable bonds is 4. The van der Waals surface area contributed by atoms with Crippen molar-refractivity contribution < 1.29 is 0 Å². The van der Waals surface area contributed by atoms with Gasteiger partial charge in [-0.2, -0.15) is 0 Å². The summed E-state index contributed by atoms with van der Waals surface area (Å²) in [4.78, 5) is 24.1. The van der Waals surface area contributed by atoms with Crippen LogP contribution in [0.3, 0.4) is 0 Å². The molecule has 0 aliphatic rings. The van der Waals surface area contributed by atoms with Gasteiger partial charge in [-0.05, 0) is 18.6 Å². The molecule has 0 unspecified atom stereocenters. The number of para-hydroxylation sites is 1. The smallest absolute Gasteiger partial charge is 0.332 e. The molecule has 0 bridgehead atoms. The van der Waals surface area contributed by atoms with Crippen LogP contribution < -0.4 is 22.3 Å². The summed E-state index contributed by atoms with van der Waals surface area (Å²) in [6.07, 6.45) is 0.765. The molecular weight excluding hydrogens is 256 g/mol. The van der Waals surface area contributed by atoms with E-state index in [1.165, 1.54) is 11.6 Å². The van der Waals surface area contributed by atoms with Gasteiger partial charge in [-0.1, -0.05) is 25.1 Å². The van der Waals surface area contributed by atoms with Gasteiger partial charge >= 0.3 is 5.69 Å². The van der Waals surface area contributed by atoms with Crippen LogP contribution in [0.4, 0.5) is 17.2 Å². The molecule has 0 saturated heterocycles. The normalized spacial score (nSPS) is 10.5. The van der Waals surface area contributed by atoms with Gasteiger partial charge in [0, 0.05) is 19.3 Å². The Kier molecular flexibility index (Phi) is 3.93. The molecular formula is C14H18N4O2. The predicted molar refractivity (Wildman–Crippen MR) is 80.4 cm³/mol. The Bertz CT molecular complexity index is 716. The maximum absolute atomic E-state index is 12.2. The van der Waals surface area contributed by atoms with E-state index in [1.54, 1.807) is 0 Å². The van der Waals surface area contributed by atoms with Crippen molar-refractivity contribution in [3.63, 3.8) is 0 Å². The van der Waals surface area contributed by atoms with E-state index in [2.05, 4.69) is 5.32 Å². The topological polar surface area (TPSA) is 82.1 Å². The van der Waals surface area contributed by atoms with Gasteiger partial charge < -0.3 is 11.1 Å². The van der Waals surface area contributed by atoms with Gasteiger partial charge in [-0.3, -0.25) is 13.9 Å². The van der Waals surface area contributed by atoms with E-state index in [0.29, 0.717) is 12.4 Å². The highest BCUT2D eigenvalue weighted by Gasteiger charge is 2.14. The molecule has 0 atom stereocenters. The zero-order chi connectivity index (χ0) is 14.7. The molecule has 0 aliphatic heterocycles. The van der Waals surface area contributed by atoms with Crippen molar-refractivity contribution in [2.45, 2.75) is 19.9 Å². The third-order valence-corrected chi connectivity index (χ3v) is 3.06. The fourth-order valence-electron chi connectivity index (χ4n) is 2.02. The van der Waals surface area contributed by atoms with Gasteiger partial charge in [0.1, 0.15) is 11.5 Å². The van der Waals surface area contributed by atoms with Crippen molar-refractivity contribution in [3.05, 3.63) is 51.2 Å². The molecule has 0 fully saturated rings. The minimum atomic E-state index is -0.485. The maximum atomic E-state index is 12.2. The van der Waals surface area contributed by atoms with E-state index in [1.807, 2.05) is 37.3 Å². The Balaban J connectivity index is 2.62. The molecule has 1 heterocycles. The lowest BCUT2D eigenvalue weighted by atomic mass is 10.3. The van der Waals surface area contributed by atoms with E-state index < -0.39 is 5.56 Å². The summed E-state index contributed by atoms with van der Waals surface area (Å²) >= 11 is 0. The third kappa shape index (κ3) is 2.45. The fraction of sp³-hybridized carbons (Fsp3) is 0.286. The molecule has 1 aromatic heterocycles. The van der Waals surface area contributed by atoms with Crippen LogP contribution in [0.1, 0.15) is 13.3 Å². The van der Waals surface area contributed by atoms with E-state index in [-0.39, 0.29) is 11.4 Å². The Morgan fingerprint density at radius 3 is 2.45 bits per heavy atom. The molecule has 20 heavy (non-hydrogen) atoms. The first-order valence-corrected chi connectivity index (χ1v) is 6.47. The third-order valence-electron chi connectivity index (χ3n) is 3.06. The number of nitrogens with one attached hydrogen (secondary N) is 1. The molecule has 0 spiro atoms. The van der Waals surface area contributed by atoms with Gasteiger partial charge in [0.25, 0.3) is 5.56 Å². The lowest BCUT2D eigenvalue weighted by Crippen LogP contribution is -2.40. The van der Waals surface area contributed by atoms with Crippen LogP contribution in [0.2, 0.25) is 0 Å². The monoisotopic (exact) mass is 274 g/mol. The maximum Gasteiger partial charge on any atom is 0.332 e. The Morgan fingerprint density at radius 1 is 1.20 bits per heavy atom. The molecule has 1 aromatic carbocycles. The van der Waals surface area contributed by atoms with Crippen molar-refractivity contribution in [1.29, 1.82) is 0 Å². The average molecular weight is 274 g/mol. The molecule has 0 amide bonds. The van der Waals surface area contributed by atoms with Crippen molar-refractivity contribution in [3.8, 4) is 0 Å². The zero-order valence-electron chi connectivity index (χ0n) is 11.6. The number of nitrogens with zero attached hydrogens (tertiary/aromatic N) is 2. The molecule has 6 nitrogen and oxygen atoms in total. The largest absolute Gasteiger partial charge is 0.391 e. The summed E-state index contributed by atoms with van der Waals surface area (Å²) < 4.78 is 2.52. The highest BCUT2D eigenvalue weighted by molar-refractivity contribution is 5.68. The van der Waals surface area contributed by atoms with Crippen molar-refractivity contribution in [2.24, 2.45) is 7.05 Å². The van der Waals surface area contributed by atoms with Gasteiger partial charge in [0.2, 0.25) is 0 Å². The number of hydrogen-bond donors (Lipinski definition) is 2. The first-order valence-electron chi connectivity index (χ1n) is 6.47. The van der Waals surface area contributed by atoms with E-state index >= 15 is 0 Å². The number of benzene rings is 1. The van der Waals surface area contributed by atoms with Crippen LogP contribution in [0, 0.1) is 0 Å². The number of nitrogens with two attached hydrogens (primary N) is 1. The number of aromatic nitrogens is 2. The molecule has 106 valence electrons. The summed E-state index contributed by atoms with van der Waals surface area (Å²) in [5, 5.41) is 3.06. The van der Waals surface area contributed by atoms with Crippen LogP contribution in [0.25, 0.3) is 0 Å². The zero-order valence-corrected chi connectivity index (χ0v) is 11.6. The van der Waals surface area contributed by atoms with Crippen LogP contribution in [0.15, 0.2) is 39.9 Å². The highest BCUT2D eigenvalue weighted by atomic mass is 16.2. The summed E-state index contributed by atoms with van der Waals surface area (Å²) in [7, 11) is 1.43. The lowest BCUT2D eigenvalue weighted by Gasteiger charge is -2.17. The molecule has 6 heteroatoms. The molecule has 0 radical (unpaired) electrons. The van der Waals surface area contributed by atoms with Crippen LogP contribution >= 0.6 is 0 Å². The van der Waals surface area contributed by atoms with Gasteiger partial charge in [-0.15, -0.1) is 0 Å². The number of hydrogen-bond acceptors (Lipinski definition) is 4. The molecule has 0 saturated carbocycles. The first-order chi connectivity index (χ1) is 9.56. The van der Waals surface area contributed by atoms with E-state index in [4.69, 9.17) is 5.73 Å². The molecule has 3 N–H and O–H groups in total. The quantitative estimate of drug-likeness (QED) is 0.880. The van der Waals surface area contributed by atoms with Crippen molar-refractivity contribution >= 4 is 17.2 Å². The second-order valence-electron chi connectivity index (χ2n) is 4.55. The minimum absolute atomic E-state index is 0.0457. The summed E-state index contributed by atoms with van der Waals surface area (Å²) in [6, 6.07) is 9.30. The Morgan fingerprint density at radius 2 is 1.85 bits per heavy atom. The van der Waals surface area contributed by atoms with Crippen LogP contribution in [-0.4, -0.2) is 9.13 Å². The molecule has 2 rings (SSSR count). The minimum Gasteiger partial charge on any atom is -0.391 e. The summed E-state index contributed by atoms with van der Waals surface area (Å²) in [5.74, 6) is 0.353. The standard InChI is InChI=1S/C14H18N4O2/c1-3-9-18-12(16-10-7-5-4-6-8-10)11(15)13(19)17(2)14(18)20/h4-8,16H,3,9,15H2,1-2H3.